The Bertz CT molecular complexity index is 701. The zero-order valence-corrected chi connectivity index (χ0v) is 19.3. The maximum atomic E-state index is 13.7. The summed E-state index contributed by atoms with van der Waals surface area (Å²) in [6, 6.07) is 0. The minimum atomic E-state index is -0.193. The molecule has 0 aromatic rings. The second-order valence-corrected chi connectivity index (χ2v) is 11.5. The first-order valence-electron chi connectivity index (χ1n) is 12.4. The highest BCUT2D eigenvalue weighted by molar-refractivity contribution is 5.87. The number of carbonyl (C=O) groups is 3. The van der Waals surface area contributed by atoms with Crippen LogP contribution in [0.15, 0.2) is 0 Å². The molecule has 1 unspecified atom stereocenters. The molecular formula is C26H40O4. The van der Waals surface area contributed by atoms with Crippen LogP contribution in [0.2, 0.25) is 0 Å². The maximum absolute atomic E-state index is 13.7. The van der Waals surface area contributed by atoms with Gasteiger partial charge in [-0.2, -0.15) is 0 Å². The third-order valence-corrected chi connectivity index (χ3v) is 10.3. The quantitative estimate of drug-likeness (QED) is 0.446. The minimum Gasteiger partial charge on any atom is -0.463 e. The van der Waals surface area contributed by atoms with Gasteiger partial charge < -0.3 is 9.53 Å². The van der Waals surface area contributed by atoms with Gasteiger partial charge >= 0.3 is 5.97 Å². The first-order chi connectivity index (χ1) is 14.2. The molecule has 0 saturated heterocycles. The number of esters is 1. The monoisotopic (exact) mass is 416 g/mol. The molecule has 9 atom stereocenters. The number of hydrogen-bond acceptors (Lipinski definition) is 4. The number of carbonyl (C=O) groups excluding carboxylic acids is 3. The Morgan fingerprint density at radius 2 is 1.93 bits per heavy atom. The topological polar surface area (TPSA) is 60.4 Å². The first-order valence-corrected chi connectivity index (χ1v) is 12.4. The maximum Gasteiger partial charge on any atom is 0.302 e. The van der Waals surface area contributed by atoms with E-state index in [-0.39, 0.29) is 22.9 Å². The van der Waals surface area contributed by atoms with Gasteiger partial charge in [-0.1, -0.05) is 20.8 Å². The summed E-state index contributed by atoms with van der Waals surface area (Å²) in [4.78, 5) is 36.1. The molecule has 0 aliphatic heterocycles. The van der Waals surface area contributed by atoms with E-state index in [2.05, 4.69) is 20.8 Å². The second-order valence-electron chi connectivity index (χ2n) is 11.5. The van der Waals surface area contributed by atoms with Crippen LogP contribution < -0.4 is 0 Å². The summed E-state index contributed by atoms with van der Waals surface area (Å²) in [5, 5.41) is 0. The molecule has 4 fully saturated rings. The van der Waals surface area contributed by atoms with Gasteiger partial charge in [0.1, 0.15) is 18.2 Å². The molecule has 0 aromatic heterocycles. The predicted octanol–water partition coefficient (Wildman–Crippen LogP) is 5.37. The fourth-order valence-electron chi connectivity index (χ4n) is 8.74. The molecule has 4 aliphatic carbocycles. The van der Waals surface area contributed by atoms with E-state index in [0.717, 1.165) is 44.8 Å². The summed E-state index contributed by atoms with van der Waals surface area (Å²) in [7, 11) is 0. The molecule has 0 spiro atoms. The molecule has 168 valence electrons. The number of rotatable bonds is 5. The van der Waals surface area contributed by atoms with Gasteiger partial charge in [-0.05, 0) is 92.3 Å². The Labute approximate surface area is 181 Å². The molecule has 0 radical (unpaired) electrons. The molecule has 0 bridgehead atoms. The minimum absolute atomic E-state index is 0.0659. The van der Waals surface area contributed by atoms with Crippen molar-refractivity contribution in [1.29, 1.82) is 0 Å². The van der Waals surface area contributed by atoms with Crippen LogP contribution in [0.5, 0.6) is 0 Å². The number of ether oxygens (including phenoxy) is 1. The van der Waals surface area contributed by atoms with E-state index >= 15 is 0 Å². The van der Waals surface area contributed by atoms with E-state index in [4.69, 9.17) is 4.74 Å². The highest BCUT2D eigenvalue weighted by atomic mass is 16.5. The molecule has 0 heterocycles. The van der Waals surface area contributed by atoms with Gasteiger partial charge in [0, 0.05) is 25.2 Å². The van der Waals surface area contributed by atoms with Crippen molar-refractivity contribution in [3.8, 4) is 0 Å². The highest BCUT2D eigenvalue weighted by Crippen LogP contribution is 2.67. The number of ketones is 1. The molecular weight excluding hydrogens is 376 g/mol. The van der Waals surface area contributed by atoms with Crippen molar-refractivity contribution in [2.45, 2.75) is 98.0 Å². The molecule has 0 aromatic carbocycles. The standard InChI is InChI=1S/C26H40O4/c1-16(6-5-13-27)21-9-10-22-20-8-7-18-14-19(30-17(2)28)11-12-25(18,3)23(20)15-24(29)26(21,22)4/h13,16,18-23H,5-12,14-15H2,1-4H3/t16-,18?,19+,20+,21-,22+,23+,25+,26-/m1/s1. The number of hydrogen-bond donors (Lipinski definition) is 0. The molecule has 4 aliphatic rings. The van der Waals surface area contributed by atoms with Crippen molar-refractivity contribution in [2.75, 3.05) is 0 Å². The number of fused-ring (bicyclic) bond motifs is 5. The number of aldehydes is 1. The molecule has 4 heteroatoms. The molecule has 30 heavy (non-hydrogen) atoms. The Morgan fingerprint density at radius 3 is 2.63 bits per heavy atom. The van der Waals surface area contributed by atoms with Crippen molar-refractivity contribution >= 4 is 18.0 Å². The summed E-state index contributed by atoms with van der Waals surface area (Å²) < 4.78 is 5.57. The van der Waals surface area contributed by atoms with Crippen molar-refractivity contribution in [3.05, 3.63) is 0 Å². The third kappa shape index (κ3) is 3.37. The average molecular weight is 417 g/mol. The first kappa shape index (κ1) is 22.0. The Kier molecular flexibility index (Phi) is 5.91. The van der Waals surface area contributed by atoms with Gasteiger partial charge in [0.2, 0.25) is 0 Å². The van der Waals surface area contributed by atoms with Gasteiger partial charge in [-0.3, -0.25) is 9.59 Å². The second kappa shape index (κ2) is 8.06. The van der Waals surface area contributed by atoms with Gasteiger partial charge in [0.05, 0.1) is 0 Å². The van der Waals surface area contributed by atoms with Crippen LogP contribution in [0.4, 0.5) is 0 Å². The Morgan fingerprint density at radius 1 is 1.17 bits per heavy atom. The summed E-state index contributed by atoms with van der Waals surface area (Å²) in [5.74, 6) is 3.43. The molecule has 0 N–H and O–H groups in total. The summed E-state index contributed by atoms with van der Waals surface area (Å²) in [6.07, 6.45) is 11.1. The van der Waals surface area contributed by atoms with Gasteiger partial charge in [0.15, 0.2) is 0 Å². The molecule has 0 amide bonds. The van der Waals surface area contributed by atoms with E-state index in [1.807, 2.05) is 0 Å². The summed E-state index contributed by atoms with van der Waals surface area (Å²) >= 11 is 0. The van der Waals surface area contributed by atoms with Crippen LogP contribution in [-0.2, 0) is 19.1 Å². The SMILES string of the molecule is CC(=O)O[C@H]1CC[C@@]2(C)C(CC[C@H]3[C@@H]4CC[C@H]([C@H](C)CCC=O)[C@@]4(C)C(=O)C[C@@H]32)C1. The van der Waals surface area contributed by atoms with E-state index < -0.39 is 0 Å². The van der Waals surface area contributed by atoms with Crippen LogP contribution >= 0.6 is 0 Å². The zero-order valence-electron chi connectivity index (χ0n) is 19.3. The Hall–Kier alpha value is -1.19. The van der Waals surface area contributed by atoms with Crippen LogP contribution in [0, 0.1) is 46.3 Å². The summed E-state index contributed by atoms with van der Waals surface area (Å²) in [6.45, 7) is 8.48. The molecule has 4 nitrogen and oxygen atoms in total. The van der Waals surface area contributed by atoms with Crippen LogP contribution in [0.3, 0.4) is 0 Å². The lowest BCUT2D eigenvalue weighted by molar-refractivity contribution is -0.167. The van der Waals surface area contributed by atoms with Gasteiger partial charge in [-0.15, -0.1) is 0 Å². The predicted molar refractivity (Wildman–Crippen MR) is 116 cm³/mol. The van der Waals surface area contributed by atoms with Crippen LogP contribution in [-0.4, -0.2) is 24.1 Å². The number of Topliss-reactive ketones (excluding diaryl/α,β-unsaturated/α-hetero) is 1. The lowest BCUT2D eigenvalue weighted by atomic mass is 9.44. The smallest absolute Gasteiger partial charge is 0.302 e. The van der Waals surface area contributed by atoms with E-state index in [0.29, 0.717) is 47.7 Å². The van der Waals surface area contributed by atoms with Gasteiger partial charge in [0.25, 0.3) is 0 Å². The third-order valence-electron chi connectivity index (χ3n) is 10.3. The summed E-state index contributed by atoms with van der Waals surface area (Å²) in [5.41, 5.74) is 0.0133. The van der Waals surface area contributed by atoms with Crippen molar-refractivity contribution in [2.24, 2.45) is 46.3 Å². The average Bonchev–Trinajstić information content (AvgIpc) is 3.06. The fourth-order valence-corrected chi connectivity index (χ4v) is 8.74. The zero-order chi connectivity index (χ0) is 21.7. The van der Waals surface area contributed by atoms with Crippen molar-refractivity contribution < 1.29 is 19.1 Å². The normalized spacial score (nSPS) is 46.3. The lowest BCUT2D eigenvalue weighted by Crippen LogP contribution is -2.57. The fraction of sp³-hybridized carbons (Fsp3) is 0.885. The van der Waals surface area contributed by atoms with Crippen LogP contribution in [0.25, 0.3) is 0 Å². The van der Waals surface area contributed by atoms with Crippen molar-refractivity contribution in [1.82, 2.24) is 0 Å². The molecule has 4 saturated carbocycles. The van der Waals surface area contributed by atoms with E-state index in [9.17, 15) is 14.4 Å². The van der Waals surface area contributed by atoms with Gasteiger partial charge in [-0.25, -0.2) is 0 Å². The highest BCUT2D eigenvalue weighted by Gasteiger charge is 2.64. The van der Waals surface area contributed by atoms with Crippen LogP contribution in [0.1, 0.15) is 91.9 Å². The lowest BCUT2D eigenvalue weighted by Gasteiger charge is -2.60. The molecule has 4 rings (SSSR count). The van der Waals surface area contributed by atoms with Crippen molar-refractivity contribution in [3.63, 3.8) is 0 Å². The van der Waals surface area contributed by atoms with E-state index in [1.54, 1.807) is 0 Å². The largest absolute Gasteiger partial charge is 0.463 e. The van der Waals surface area contributed by atoms with E-state index in [1.165, 1.54) is 26.2 Å². The Balaban J connectivity index is 1.54.